The van der Waals surface area contributed by atoms with Crippen molar-refractivity contribution in [3.05, 3.63) is 0 Å². The van der Waals surface area contributed by atoms with Gasteiger partial charge in [0, 0.05) is 12.6 Å². The molecule has 2 atom stereocenters. The van der Waals surface area contributed by atoms with Gasteiger partial charge in [-0.15, -0.1) is 0 Å². The standard InChI is InChI=1S/C13H27NO/c1-11(2)12-7-6-8-13(12)14(3)9-4-5-10-15/h11-13,15H,4-10H2,1-3H3. The average Bonchev–Trinajstić information content (AvgIpc) is 2.66. The van der Waals surface area contributed by atoms with Crippen molar-refractivity contribution in [2.45, 2.75) is 52.0 Å². The SMILES string of the molecule is CC(C)C1CCCC1N(C)CCCCO. The molecule has 1 fully saturated rings. The fourth-order valence-electron chi connectivity index (χ4n) is 2.93. The molecule has 0 radical (unpaired) electrons. The van der Waals surface area contributed by atoms with E-state index >= 15 is 0 Å². The van der Waals surface area contributed by atoms with Crippen LogP contribution in [-0.4, -0.2) is 36.2 Å². The second-order valence-electron chi connectivity index (χ2n) is 5.32. The summed E-state index contributed by atoms with van der Waals surface area (Å²) in [5, 5.41) is 8.77. The Morgan fingerprint density at radius 3 is 2.60 bits per heavy atom. The Balaban J connectivity index is 2.33. The summed E-state index contributed by atoms with van der Waals surface area (Å²) in [6.45, 7) is 6.19. The van der Waals surface area contributed by atoms with Gasteiger partial charge in [-0.05, 0) is 51.1 Å². The van der Waals surface area contributed by atoms with Crippen molar-refractivity contribution in [3.8, 4) is 0 Å². The largest absolute Gasteiger partial charge is 0.396 e. The first-order valence-electron chi connectivity index (χ1n) is 6.48. The van der Waals surface area contributed by atoms with Gasteiger partial charge in [-0.1, -0.05) is 20.3 Å². The smallest absolute Gasteiger partial charge is 0.0431 e. The van der Waals surface area contributed by atoms with Crippen LogP contribution in [0.5, 0.6) is 0 Å². The Bertz CT molecular complexity index is 170. The highest BCUT2D eigenvalue weighted by molar-refractivity contribution is 4.85. The highest BCUT2D eigenvalue weighted by Gasteiger charge is 2.31. The fourth-order valence-corrected chi connectivity index (χ4v) is 2.93. The Labute approximate surface area is 94.7 Å². The molecular weight excluding hydrogens is 186 g/mol. The zero-order valence-corrected chi connectivity index (χ0v) is 10.6. The molecule has 1 N–H and O–H groups in total. The number of rotatable bonds is 6. The molecule has 0 aromatic rings. The van der Waals surface area contributed by atoms with Crippen LogP contribution in [0, 0.1) is 11.8 Å². The minimum atomic E-state index is 0.339. The van der Waals surface area contributed by atoms with Gasteiger partial charge >= 0.3 is 0 Å². The molecule has 0 saturated heterocycles. The molecule has 0 amide bonds. The number of aliphatic hydroxyl groups is 1. The lowest BCUT2D eigenvalue weighted by atomic mass is 9.90. The molecule has 0 heterocycles. The van der Waals surface area contributed by atoms with Crippen LogP contribution in [0.25, 0.3) is 0 Å². The number of hydrogen-bond acceptors (Lipinski definition) is 2. The zero-order chi connectivity index (χ0) is 11.3. The summed E-state index contributed by atoms with van der Waals surface area (Å²) >= 11 is 0. The molecule has 1 aliphatic rings. The van der Waals surface area contributed by atoms with E-state index in [1.54, 1.807) is 0 Å². The van der Waals surface area contributed by atoms with Gasteiger partial charge in [-0.25, -0.2) is 0 Å². The molecule has 2 heteroatoms. The third-order valence-corrected chi connectivity index (χ3v) is 3.87. The van der Waals surface area contributed by atoms with Gasteiger partial charge < -0.3 is 10.0 Å². The van der Waals surface area contributed by atoms with Crippen molar-refractivity contribution in [2.24, 2.45) is 11.8 Å². The van der Waals surface area contributed by atoms with E-state index in [2.05, 4.69) is 25.8 Å². The third-order valence-electron chi connectivity index (χ3n) is 3.87. The van der Waals surface area contributed by atoms with Gasteiger partial charge in [-0.3, -0.25) is 0 Å². The van der Waals surface area contributed by atoms with Crippen LogP contribution in [-0.2, 0) is 0 Å². The van der Waals surface area contributed by atoms with E-state index < -0.39 is 0 Å². The molecule has 1 aliphatic carbocycles. The molecule has 0 aliphatic heterocycles. The van der Waals surface area contributed by atoms with E-state index in [4.69, 9.17) is 5.11 Å². The van der Waals surface area contributed by atoms with Gasteiger partial charge in [0.15, 0.2) is 0 Å². The highest BCUT2D eigenvalue weighted by Crippen LogP contribution is 2.34. The first kappa shape index (κ1) is 13.0. The van der Waals surface area contributed by atoms with Crippen molar-refractivity contribution in [2.75, 3.05) is 20.2 Å². The van der Waals surface area contributed by atoms with E-state index in [0.717, 1.165) is 37.3 Å². The second-order valence-corrected chi connectivity index (χ2v) is 5.32. The predicted octanol–water partition coefficient (Wildman–Crippen LogP) is 2.52. The topological polar surface area (TPSA) is 23.5 Å². The molecule has 0 bridgehead atoms. The van der Waals surface area contributed by atoms with Gasteiger partial charge in [-0.2, -0.15) is 0 Å². The van der Waals surface area contributed by atoms with Crippen molar-refractivity contribution in [1.29, 1.82) is 0 Å². The second kappa shape index (κ2) is 6.49. The maximum absolute atomic E-state index is 8.77. The predicted molar refractivity (Wildman–Crippen MR) is 64.9 cm³/mol. The third kappa shape index (κ3) is 3.76. The van der Waals surface area contributed by atoms with E-state index in [1.807, 2.05) is 0 Å². The lowest BCUT2D eigenvalue weighted by Gasteiger charge is -2.31. The van der Waals surface area contributed by atoms with Gasteiger partial charge in [0.25, 0.3) is 0 Å². The Hall–Kier alpha value is -0.0800. The Morgan fingerprint density at radius 2 is 2.00 bits per heavy atom. The summed E-state index contributed by atoms with van der Waals surface area (Å²) in [7, 11) is 2.25. The van der Waals surface area contributed by atoms with E-state index in [-0.39, 0.29) is 0 Å². The molecule has 2 unspecified atom stereocenters. The molecule has 0 aromatic carbocycles. The van der Waals surface area contributed by atoms with Crippen molar-refractivity contribution >= 4 is 0 Å². The fraction of sp³-hybridized carbons (Fsp3) is 1.00. The Morgan fingerprint density at radius 1 is 1.27 bits per heavy atom. The van der Waals surface area contributed by atoms with Crippen LogP contribution in [0.15, 0.2) is 0 Å². The van der Waals surface area contributed by atoms with Crippen molar-refractivity contribution in [1.82, 2.24) is 4.90 Å². The highest BCUT2D eigenvalue weighted by atomic mass is 16.2. The van der Waals surface area contributed by atoms with Crippen LogP contribution in [0.2, 0.25) is 0 Å². The number of nitrogens with zero attached hydrogens (tertiary/aromatic N) is 1. The lowest BCUT2D eigenvalue weighted by Crippen LogP contribution is -2.37. The molecule has 90 valence electrons. The maximum Gasteiger partial charge on any atom is 0.0431 e. The van der Waals surface area contributed by atoms with Gasteiger partial charge in [0.1, 0.15) is 0 Å². The molecular formula is C13H27NO. The van der Waals surface area contributed by atoms with Crippen LogP contribution in [0.3, 0.4) is 0 Å². The lowest BCUT2D eigenvalue weighted by molar-refractivity contribution is 0.161. The summed E-state index contributed by atoms with van der Waals surface area (Å²) in [4.78, 5) is 2.52. The van der Waals surface area contributed by atoms with Crippen LogP contribution >= 0.6 is 0 Å². The van der Waals surface area contributed by atoms with Crippen LogP contribution < -0.4 is 0 Å². The van der Waals surface area contributed by atoms with Crippen molar-refractivity contribution in [3.63, 3.8) is 0 Å². The summed E-state index contributed by atoms with van der Waals surface area (Å²) in [6.07, 6.45) is 6.26. The average molecular weight is 213 g/mol. The number of aliphatic hydroxyl groups excluding tert-OH is 1. The van der Waals surface area contributed by atoms with E-state index in [9.17, 15) is 0 Å². The first-order chi connectivity index (χ1) is 7.16. The summed E-state index contributed by atoms with van der Waals surface area (Å²) in [5.74, 6) is 1.71. The molecule has 0 spiro atoms. The molecule has 2 nitrogen and oxygen atoms in total. The summed E-state index contributed by atoms with van der Waals surface area (Å²) in [6, 6.07) is 0.795. The number of unbranched alkanes of at least 4 members (excludes halogenated alkanes) is 1. The Kier molecular flexibility index (Phi) is 5.62. The monoisotopic (exact) mass is 213 g/mol. The zero-order valence-electron chi connectivity index (χ0n) is 10.6. The minimum Gasteiger partial charge on any atom is -0.396 e. The molecule has 1 saturated carbocycles. The van der Waals surface area contributed by atoms with Crippen molar-refractivity contribution < 1.29 is 5.11 Å². The first-order valence-corrected chi connectivity index (χ1v) is 6.48. The molecule has 15 heavy (non-hydrogen) atoms. The number of hydrogen-bond donors (Lipinski definition) is 1. The van der Waals surface area contributed by atoms with Crippen LogP contribution in [0.1, 0.15) is 46.0 Å². The van der Waals surface area contributed by atoms with E-state index in [1.165, 1.54) is 19.3 Å². The minimum absolute atomic E-state index is 0.339. The van der Waals surface area contributed by atoms with E-state index in [0.29, 0.717) is 6.61 Å². The molecule has 0 aromatic heterocycles. The summed E-state index contributed by atoms with van der Waals surface area (Å²) < 4.78 is 0. The molecule has 1 rings (SSSR count). The van der Waals surface area contributed by atoms with Crippen LogP contribution in [0.4, 0.5) is 0 Å². The summed E-state index contributed by atoms with van der Waals surface area (Å²) in [5.41, 5.74) is 0. The van der Waals surface area contributed by atoms with Gasteiger partial charge in [0.2, 0.25) is 0 Å². The maximum atomic E-state index is 8.77. The van der Waals surface area contributed by atoms with Gasteiger partial charge in [0.05, 0.1) is 0 Å². The quantitative estimate of drug-likeness (QED) is 0.685. The normalized spacial score (nSPS) is 26.8.